The van der Waals surface area contributed by atoms with Crippen molar-refractivity contribution in [3.8, 4) is 11.5 Å². The number of ether oxygens (including phenoxy) is 2. The van der Waals surface area contributed by atoms with Crippen molar-refractivity contribution in [2.24, 2.45) is 0 Å². The maximum Gasteiger partial charge on any atom is 0.317 e. The number of nitrogens with zero attached hydrogens (tertiary/aromatic N) is 1. The number of urea groups is 1. The molecule has 0 spiro atoms. The molecule has 140 valence electrons. The Morgan fingerprint density at radius 1 is 1.19 bits per heavy atom. The normalized spacial score (nSPS) is 12.3. The predicted molar refractivity (Wildman–Crippen MR) is 108 cm³/mol. The Hall–Kier alpha value is -2.73. The largest absolute Gasteiger partial charge is 0.454 e. The van der Waals surface area contributed by atoms with Gasteiger partial charge in [0.25, 0.3) is 0 Å². The number of hydrogen-bond acceptors (Lipinski definition) is 4. The van der Waals surface area contributed by atoms with E-state index in [0.29, 0.717) is 19.6 Å². The lowest BCUT2D eigenvalue weighted by atomic mass is 10.1. The number of thiophene rings is 1. The summed E-state index contributed by atoms with van der Waals surface area (Å²) in [5, 5.41) is 6.51. The van der Waals surface area contributed by atoms with E-state index in [2.05, 4.69) is 35.0 Å². The monoisotopic (exact) mass is 382 g/mol. The van der Waals surface area contributed by atoms with Crippen molar-refractivity contribution in [1.82, 2.24) is 10.2 Å². The van der Waals surface area contributed by atoms with Crippen LogP contribution < -0.4 is 14.8 Å². The summed E-state index contributed by atoms with van der Waals surface area (Å²) in [5.41, 5.74) is 2.31. The van der Waals surface area contributed by atoms with Crippen LogP contribution in [0.25, 0.3) is 10.1 Å². The molecule has 0 fully saturated rings. The van der Waals surface area contributed by atoms with Gasteiger partial charge in [0.1, 0.15) is 0 Å². The number of fused-ring (bicyclic) bond motifs is 2. The van der Waals surface area contributed by atoms with Gasteiger partial charge in [0.15, 0.2) is 11.5 Å². The van der Waals surface area contributed by atoms with Crippen LogP contribution in [-0.2, 0) is 13.0 Å². The lowest BCUT2D eigenvalue weighted by Gasteiger charge is -2.21. The molecule has 1 N–H and O–H groups in total. The van der Waals surface area contributed by atoms with Crippen LogP contribution in [0.15, 0.2) is 47.8 Å². The van der Waals surface area contributed by atoms with Crippen molar-refractivity contribution in [2.45, 2.75) is 19.9 Å². The van der Waals surface area contributed by atoms with Crippen LogP contribution >= 0.6 is 11.3 Å². The molecule has 5 nitrogen and oxygen atoms in total. The van der Waals surface area contributed by atoms with E-state index in [1.165, 1.54) is 15.6 Å². The molecule has 0 saturated carbocycles. The Kier molecular flexibility index (Phi) is 5.16. The highest BCUT2D eigenvalue weighted by molar-refractivity contribution is 7.17. The van der Waals surface area contributed by atoms with Gasteiger partial charge in [-0.3, -0.25) is 0 Å². The fraction of sp³-hybridized carbons (Fsp3) is 0.286. The van der Waals surface area contributed by atoms with Gasteiger partial charge in [-0.15, -0.1) is 11.3 Å². The Labute approximate surface area is 162 Å². The molecular weight excluding hydrogens is 360 g/mol. The molecule has 2 heterocycles. The third kappa shape index (κ3) is 3.85. The second-order valence-corrected chi connectivity index (χ2v) is 7.35. The number of benzene rings is 2. The Bertz CT molecular complexity index is 954. The van der Waals surface area contributed by atoms with Crippen LogP contribution in [0.5, 0.6) is 11.5 Å². The van der Waals surface area contributed by atoms with E-state index in [0.717, 1.165) is 23.5 Å². The van der Waals surface area contributed by atoms with Gasteiger partial charge in [0, 0.05) is 24.3 Å². The molecule has 4 rings (SSSR count). The molecule has 0 radical (unpaired) electrons. The van der Waals surface area contributed by atoms with Crippen molar-refractivity contribution in [2.75, 3.05) is 19.9 Å². The molecule has 2 aromatic carbocycles. The molecule has 0 unspecified atom stereocenters. The van der Waals surface area contributed by atoms with Crippen LogP contribution in [0.2, 0.25) is 0 Å². The number of carbonyl (C=O) groups is 1. The first-order valence-electron chi connectivity index (χ1n) is 9.11. The summed E-state index contributed by atoms with van der Waals surface area (Å²) in [4.78, 5) is 14.4. The Morgan fingerprint density at radius 2 is 2.04 bits per heavy atom. The van der Waals surface area contributed by atoms with E-state index in [1.54, 1.807) is 16.2 Å². The second-order valence-electron chi connectivity index (χ2n) is 6.44. The van der Waals surface area contributed by atoms with Gasteiger partial charge >= 0.3 is 6.03 Å². The fourth-order valence-electron chi connectivity index (χ4n) is 3.23. The SMILES string of the molecule is CCN(Cc1ccc2c(c1)OCO2)C(=O)NCCc1csc2ccccc12. The molecule has 1 aromatic heterocycles. The third-order valence-electron chi connectivity index (χ3n) is 4.71. The molecule has 0 bridgehead atoms. The minimum absolute atomic E-state index is 0.0466. The third-order valence-corrected chi connectivity index (χ3v) is 5.72. The van der Waals surface area contributed by atoms with Crippen LogP contribution in [0.4, 0.5) is 4.79 Å². The molecule has 2 amide bonds. The molecule has 27 heavy (non-hydrogen) atoms. The minimum Gasteiger partial charge on any atom is -0.454 e. The van der Waals surface area contributed by atoms with E-state index in [-0.39, 0.29) is 12.8 Å². The summed E-state index contributed by atoms with van der Waals surface area (Å²) in [6.45, 7) is 4.05. The lowest BCUT2D eigenvalue weighted by Crippen LogP contribution is -2.40. The molecule has 1 aliphatic heterocycles. The average Bonchev–Trinajstić information content (AvgIpc) is 3.32. The molecule has 0 atom stereocenters. The molecular formula is C21H22N2O3S. The summed E-state index contributed by atoms with van der Waals surface area (Å²) < 4.78 is 12.0. The van der Waals surface area contributed by atoms with E-state index in [1.807, 2.05) is 25.1 Å². The summed E-state index contributed by atoms with van der Waals surface area (Å²) in [7, 11) is 0. The predicted octanol–water partition coefficient (Wildman–Crippen LogP) is 4.40. The highest BCUT2D eigenvalue weighted by atomic mass is 32.1. The second kappa shape index (κ2) is 7.88. The maximum absolute atomic E-state index is 12.6. The van der Waals surface area contributed by atoms with Gasteiger partial charge in [-0.2, -0.15) is 0 Å². The van der Waals surface area contributed by atoms with E-state index < -0.39 is 0 Å². The first kappa shape index (κ1) is 17.7. The van der Waals surface area contributed by atoms with Gasteiger partial charge in [-0.05, 0) is 53.4 Å². The van der Waals surface area contributed by atoms with Gasteiger partial charge < -0.3 is 19.7 Å². The summed E-state index contributed by atoms with van der Waals surface area (Å²) in [6, 6.07) is 14.1. The molecule has 0 aliphatic carbocycles. The van der Waals surface area contributed by atoms with Crippen LogP contribution in [-0.4, -0.2) is 30.8 Å². The Morgan fingerprint density at radius 3 is 2.93 bits per heavy atom. The van der Waals surface area contributed by atoms with Crippen LogP contribution in [0.1, 0.15) is 18.1 Å². The first-order chi connectivity index (χ1) is 13.2. The molecule has 1 aliphatic rings. The van der Waals surface area contributed by atoms with Crippen molar-refractivity contribution < 1.29 is 14.3 Å². The summed E-state index contributed by atoms with van der Waals surface area (Å²) in [5.74, 6) is 1.50. The average molecular weight is 382 g/mol. The maximum atomic E-state index is 12.6. The standard InChI is InChI=1S/C21H22N2O3S/c1-2-23(12-15-7-8-18-19(11-15)26-14-25-18)21(24)22-10-9-16-13-27-20-6-4-3-5-17(16)20/h3-8,11,13H,2,9-10,12,14H2,1H3,(H,22,24). The van der Waals surface area contributed by atoms with E-state index in [4.69, 9.17) is 9.47 Å². The molecule has 0 saturated heterocycles. The molecule has 3 aromatic rings. The van der Waals surface area contributed by atoms with Gasteiger partial charge in [-0.25, -0.2) is 4.79 Å². The smallest absolute Gasteiger partial charge is 0.317 e. The highest BCUT2D eigenvalue weighted by Crippen LogP contribution is 2.32. The van der Waals surface area contributed by atoms with Crippen molar-refractivity contribution in [3.05, 3.63) is 59.0 Å². The minimum atomic E-state index is -0.0466. The number of rotatable bonds is 6. The lowest BCUT2D eigenvalue weighted by molar-refractivity contribution is 0.173. The fourth-order valence-corrected chi connectivity index (χ4v) is 4.23. The topological polar surface area (TPSA) is 50.8 Å². The quantitative estimate of drug-likeness (QED) is 0.687. The summed E-state index contributed by atoms with van der Waals surface area (Å²) in [6.07, 6.45) is 0.831. The van der Waals surface area contributed by atoms with Crippen molar-refractivity contribution >= 4 is 27.5 Å². The van der Waals surface area contributed by atoms with Crippen LogP contribution in [0.3, 0.4) is 0 Å². The van der Waals surface area contributed by atoms with Gasteiger partial charge in [-0.1, -0.05) is 24.3 Å². The van der Waals surface area contributed by atoms with E-state index >= 15 is 0 Å². The highest BCUT2D eigenvalue weighted by Gasteiger charge is 2.16. The number of amides is 2. The van der Waals surface area contributed by atoms with Crippen molar-refractivity contribution in [3.63, 3.8) is 0 Å². The zero-order valence-electron chi connectivity index (χ0n) is 15.2. The van der Waals surface area contributed by atoms with Crippen LogP contribution in [0, 0.1) is 0 Å². The zero-order chi connectivity index (χ0) is 18.6. The zero-order valence-corrected chi connectivity index (χ0v) is 16.1. The molecule has 6 heteroatoms. The number of carbonyl (C=O) groups excluding carboxylic acids is 1. The van der Waals surface area contributed by atoms with Gasteiger partial charge in [0.2, 0.25) is 6.79 Å². The number of hydrogen-bond donors (Lipinski definition) is 1. The van der Waals surface area contributed by atoms with Crippen molar-refractivity contribution in [1.29, 1.82) is 0 Å². The first-order valence-corrected chi connectivity index (χ1v) is 9.99. The number of nitrogens with one attached hydrogen (secondary N) is 1. The van der Waals surface area contributed by atoms with Gasteiger partial charge in [0.05, 0.1) is 0 Å². The van der Waals surface area contributed by atoms with E-state index in [9.17, 15) is 4.79 Å². The Balaban J connectivity index is 1.33. The summed E-state index contributed by atoms with van der Waals surface area (Å²) >= 11 is 1.75.